The summed E-state index contributed by atoms with van der Waals surface area (Å²) < 4.78 is 7.06. The Bertz CT molecular complexity index is 436. The second-order valence-corrected chi connectivity index (χ2v) is 7.35. The van der Waals surface area contributed by atoms with Crippen molar-refractivity contribution in [2.24, 2.45) is 0 Å². The van der Waals surface area contributed by atoms with E-state index in [1.165, 1.54) is 0 Å². The molecule has 0 fully saturated rings. The highest BCUT2D eigenvalue weighted by Gasteiger charge is 2.23. The Morgan fingerprint density at radius 1 is 1.42 bits per heavy atom. The molecule has 0 spiro atoms. The van der Waals surface area contributed by atoms with Crippen molar-refractivity contribution >= 4 is 17.7 Å². The van der Waals surface area contributed by atoms with E-state index < -0.39 is 11.6 Å². The second kappa shape index (κ2) is 6.41. The first-order valence-corrected chi connectivity index (χ1v) is 7.50. The van der Waals surface area contributed by atoms with Gasteiger partial charge in [-0.25, -0.2) is 9.48 Å². The zero-order valence-corrected chi connectivity index (χ0v) is 13.4. The van der Waals surface area contributed by atoms with Crippen LogP contribution in [0.2, 0.25) is 0 Å². The van der Waals surface area contributed by atoms with Crippen molar-refractivity contribution < 1.29 is 9.53 Å². The zero-order valence-electron chi connectivity index (χ0n) is 12.6. The van der Waals surface area contributed by atoms with Crippen LogP contribution < -0.4 is 0 Å². The Morgan fingerprint density at radius 2 is 2.05 bits per heavy atom. The summed E-state index contributed by atoms with van der Waals surface area (Å²) in [4.78, 5) is 11.9. The first kappa shape index (κ1) is 16.0. The Kier molecular flexibility index (Phi) is 5.40. The number of thioether (sulfide) groups is 1. The molecule has 0 saturated heterocycles. The van der Waals surface area contributed by atoms with Gasteiger partial charge in [0.2, 0.25) is 0 Å². The van der Waals surface area contributed by atoms with E-state index in [9.17, 15) is 4.79 Å². The van der Waals surface area contributed by atoms with Crippen LogP contribution in [-0.2, 0) is 11.3 Å². The minimum Gasteiger partial charge on any atom is -0.455 e. The van der Waals surface area contributed by atoms with Crippen LogP contribution in [0, 0.1) is 6.92 Å². The Hall–Kier alpha value is -1.04. The third-order valence-corrected chi connectivity index (χ3v) is 3.41. The summed E-state index contributed by atoms with van der Waals surface area (Å²) in [6.45, 7) is 12.4. The van der Waals surface area contributed by atoms with Crippen LogP contribution in [0.3, 0.4) is 0 Å². The fraction of sp³-hybridized carbons (Fsp3) is 0.769. The Balaban J connectivity index is 2.67. The lowest BCUT2D eigenvalue weighted by Gasteiger charge is -2.18. The molecule has 1 rings (SSSR count). The van der Waals surface area contributed by atoms with Crippen molar-refractivity contribution in [3.8, 4) is 0 Å². The molecule has 0 N–H and O–H groups in total. The van der Waals surface area contributed by atoms with E-state index in [-0.39, 0.29) is 0 Å². The summed E-state index contributed by atoms with van der Waals surface area (Å²) in [5.74, 6) is 0.545. The number of carbonyl (C=O) groups is 1. The maximum atomic E-state index is 11.9. The van der Waals surface area contributed by atoms with Crippen LogP contribution in [-0.4, -0.2) is 37.6 Å². The van der Waals surface area contributed by atoms with Gasteiger partial charge in [0.25, 0.3) is 0 Å². The van der Waals surface area contributed by atoms with Gasteiger partial charge in [-0.05, 0) is 32.9 Å². The summed E-state index contributed by atoms with van der Waals surface area (Å²) in [5.41, 5.74) is 0.559. The van der Waals surface area contributed by atoms with Crippen molar-refractivity contribution in [1.29, 1.82) is 0 Å². The standard InChI is InChI=1S/C13H23N3O2S/c1-9(2)19-8-7-16-10(3)11(14-15-16)12(17)18-13(4,5)6/h9H,7-8H2,1-6H3. The molecule has 0 aromatic carbocycles. The molecule has 0 atom stereocenters. The third kappa shape index (κ3) is 5.22. The number of hydrogen-bond donors (Lipinski definition) is 0. The average molecular weight is 285 g/mol. The van der Waals surface area contributed by atoms with E-state index in [1.807, 2.05) is 39.5 Å². The number of aromatic nitrogens is 3. The van der Waals surface area contributed by atoms with Gasteiger partial charge in [-0.1, -0.05) is 19.1 Å². The van der Waals surface area contributed by atoms with E-state index in [1.54, 1.807) is 4.68 Å². The van der Waals surface area contributed by atoms with Crippen molar-refractivity contribution in [2.75, 3.05) is 5.75 Å². The molecule has 0 aliphatic heterocycles. The van der Waals surface area contributed by atoms with Gasteiger partial charge in [-0.3, -0.25) is 0 Å². The molecule has 1 heterocycles. The number of esters is 1. The van der Waals surface area contributed by atoms with Crippen molar-refractivity contribution in [2.45, 2.75) is 58.9 Å². The minimum absolute atomic E-state index is 0.310. The van der Waals surface area contributed by atoms with Gasteiger partial charge in [0.15, 0.2) is 5.69 Å². The largest absolute Gasteiger partial charge is 0.455 e. The smallest absolute Gasteiger partial charge is 0.361 e. The van der Waals surface area contributed by atoms with Gasteiger partial charge >= 0.3 is 5.97 Å². The molecular formula is C13H23N3O2S. The van der Waals surface area contributed by atoms with Crippen LogP contribution in [0.15, 0.2) is 0 Å². The third-order valence-electron chi connectivity index (χ3n) is 2.33. The molecule has 5 nitrogen and oxygen atoms in total. The molecule has 0 bridgehead atoms. The minimum atomic E-state index is -0.513. The van der Waals surface area contributed by atoms with Gasteiger partial charge < -0.3 is 4.74 Å². The van der Waals surface area contributed by atoms with Gasteiger partial charge in [-0.15, -0.1) is 5.10 Å². The highest BCUT2D eigenvalue weighted by molar-refractivity contribution is 7.99. The normalized spacial score (nSPS) is 11.9. The summed E-state index contributed by atoms with van der Waals surface area (Å²) in [5, 5.41) is 8.53. The molecule has 1 aromatic heterocycles. The predicted molar refractivity (Wildman–Crippen MR) is 77.5 cm³/mol. The molecule has 0 unspecified atom stereocenters. The van der Waals surface area contributed by atoms with Gasteiger partial charge in [0.05, 0.1) is 12.2 Å². The molecular weight excluding hydrogens is 262 g/mol. The van der Waals surface area contributed by atoms with Gasteiger partial charge in [-0.2, -0.15) is 11.8 Å². The Morgan fingerprint density at radius 3 is 2.58 bits per heavy atom. The lowest BCUT2D eigenvalue weighted by atomic mass is 10.2. The van der Waals surface area contributed by atoms with Crippen LogP contribution in [0.1, 0.15) is 50.8 Å². The fourth-order valence-electron chi connectivity index (χ4n) is 1.46. The first-order chi connectivity index (χ1) is 8.70. The topological polar surface area (TPSA) is 57.0 Å². The summed E-state index contributed by atoms with van der Waals surface area (Å²) >= 11 is 1.86. The average Bonchev–Trinajstić information content (AvgIpc) is 2.57. The number of rotatable bonds is 5. The summed E-state index contributed by atoms with van der Waals surface area (Å²) in [6, 6.07) is 0. The van der Waals surface area contributed by atoms with E-state index in [0.29, 0.717) is 10.9 Å². The fourth-order valence-corrected chi connectivity index (χ4v) is 2.21. The van der Waals surface area contributed by atoms with Crippen LogP contribution in [0.5, 0.6) is 0 Å². The zero-order chi connectivity index (χ0) is 14.6. The van der Waals surface area contributed by atoms with Gasteiger partial charge in [0, 0.05) is 5.75 Å². The number of carbonyl (C=O) groups excluding carboxylic acids is 1. The quantitative estimate of drug-likeness (QED) is 0.778. The molecule has 1 aromatic rings. The number of hydrogen-bond acceptors (Lipinski definition) is 5. The van der Waals surface area contributed by atoms with E-state index in [2.05, 4.69) is 24.2 Å². The molecule has 19 heavy (non-hydrogen) atoms. The molecule has 6 heteroatoms. The van der Waals surface area contributed by atoms with Gasteiger partial charge in [0.1, 0.15) is 5.60 Å². The molecule has 0 radical (unpaired) electrons. The van der Waals surface area contributed by atoms with E-state index in [4.69, 9.17) is 4.74 Å². The predicted octanol–water partition coefficient (Wildman–Crippen LogP) is 2.68. The lowest BCUT2D eigenvalue weighted by Crippen LogP contribution is -2.24. The molecule has 0 amide bonds. The van der Waals surface area contributed by atoms with Crippen molar-refractivity contribution in [3.63, 3.8) is 0 Å². The number of nitrogens with zero attached hydrogens (tertiary/aromatic N) is 3. The number of ether oxygens (including phenoxy) is 1. The summed E-state index contributed by atoms with van der Waals surface area (Å²) in [7, 11) is 0. The van der Waals surface area contributed by atoms with E-state index in [0.717, 1.165) is 18.0 Å². The van der Waals surface area contributed by atoms with E-state index >= 15 is 0 Å². The molecule has 0 aliphatic rings. The molecule has 0 saturated carbocycles. The van der Waals surface area contributed by atoms with Crippen molar-refractivity contribution in [3.05, 3.63) is 11.4 Å². The lowest BCUT2D eigenvalue weighted by molar-refractivity contribution is 0.00619. The van der Waals surface area contributed by atoms with Crippen LogP contribution >= 0.6 is 11.8 Å². The number of aryl methyl sites for hydroxylation is 1. The Labute approximate surface area is 119 Å². The maximum absolute atomic E-state index is 11.9. The highest BCUT2D eigenvalue weighted by atomic mass is 32.2. The highest BCUT2D eigenvalue weighted by Crippen LogP contribution is 2.14. The second-order valence-electron chi connectivity index (χ2n) is 5.67. The van der Waals surface area contributed by atoms with Crippen LogP contribution in [0.4, 0.5) is 0 Å². The summed E-state index contributed by atoms with van der Waals surface area (Å²) in [6.07, 6.45) is 0. The SMILES string of the molecule is Cc1c(C(=O)OC(C)(C)C)nnn1CCSC(C)C. The molecule has 0 aliphatic carbocycles. The monoisotopic (exact) mass is 285 g/mol. The molecule has 108 valence electrons. The maximum Gasteiger partial charge on any atom is 0.361 e. The first-order valence-electron chi connectivity index (χ1n) is 6.45. The van der Waals surface area contributed by atoms with Crippen molar-refractivity contribution in [1.82, 2.24) is 15.0 Å². The van der Waals surface area contributed by atoms with Crippen LogP contribution in [0.25, 0.3) is 0 Å².